The zero-order valence-electron chi connectivity index (χ0n) is 10.2. The van der Waals surface area contributed by atoms with Crippen LogP contribution in [0.4, 0.5) is 5.69 Å². The van der Waals surface area contributed by atoms with Crippen molar-refractivity contribution in [2.45, 2.75) is 18.9 Å². The van der Waals surface area contributed by atoms with Gasteiger partial charge in [0.2, 0.25) is 0 Å². The summed E-state index contributed by atoms with van der Waals surface area (Å²) in [5.74, 6) is 0. The summed E-state index contributed by atoms with van der Waals surface area (Å²) in [6, 6.07) is 10.6. The van der Waals surface area contributed by atoms with Crippen molar-refractivity contribution < 1.29 is 0 Å². The number of hydrogen-bond donors (Lipinski definition) is 0. The second-order valence-electron chi connectivity index (χ2n) is 4.68. The van der Waals surface area contributed by atoms with Crippen LogP contribution in [-0.2, 0) is 0 Å². The third kappa shape index (κ3) is 2.36. The Morgan fingerprint density at radius 3 is 2.67 bits per heavy atom. The SMILES string of the molecule is Clc1cccc(N2CCC(n3cccn3)CC2)c1. The minimum Gasteiger partial charge on any atom is -0.371 e. The maximum Gasteiger partial charge on any atom is 0.0552 e. The molecule has 1 aromatic carbocycles. The lowest BCUT2D eigenvalue weighted by Gasteiger charge is -2.33. The van der Waals surface area contributed by atoms with Crippen molar-refractivity contribution >= 4 is 17.3 Å². The fourth-order valence-corrected chi connectivity index (χ4v) is 2.74. The Kier molecular flexibility index (Phi) is 3.24. The molecule has 0 atom stereocenters. The van der Waals surface area contributed by atoms with Gasteiger partial charge in [-0.15, -0.1) is 0 Å². The maximum atomic E-state index is 6.03. The summed E-state index contributed by atoms with van der Waals surface area (Å²) < 4.78 is 2.08. The minimum absolute atomic E-state index is 0.537. The van der Waals surface area contributed by atoms with Gasteiger partial charge in [-0.05, 0) is 37.1 Å². The number of anilines is 1. The van der Waals surface area contributed by atoms with Crippen LogP contribution in [0.5, 0.6) is 0 Å². The Bertz CT molecular complexity index is 502. The summed E-state index contributed by atoms with van der Waals surface area (Å²) in [6.07, 6.45) is 6.17. The fraction of sp³-hybridized carbons (Fsp3) is 0.357. The van der Waals surface area contributed by atoms with Gasteiger partial charge in [0.1, 0.15) is 0 Å². The van der Waals surface area contributed by atoms with Gasteiger partial charge in [0.05, 0.1) is 6.04 Å². The van der Waals surface area contributed by atoms with Crippen LogP contribution in [0.15, 0.2) is 42.7 Å². The van der Waals surface area contributed by atoms with Crippen LogP contribution < -0.4 is 4.90 Å². The number of halogens is 1. The first-order valence-corrected chi connectivity index (χ1v) is 6.70. The summed E-state index contributed by atoms with van der Waals surface area (Å²) in [5.41, 5.74) is 1.22. The van der Waals surface area contributed by atoms with E-state index in [1.54, 1.807) is 0 Å². The van der Waals surface area contributed by atoms with Crippen molar-refractivity contribution in [3.8, 4) is 0 Å². The molecular formula is C14H16ClN3. The van der Waals surface area contributed by atoms with E-state index in [9.17, 15) is 0 Å². The first-order chi connectivity index (χ1) is 8.83. The van der Waals surface area contributed by atoms with E-state index in [1.165, 1.54) is 5.69 Å². The summed E-state index contributed by atoms with van der Waals surface area (Å²) in [4.78, 5) is 2.39. The molecule has 0 unspecified atom stereocenters. The van der Waals surface area contributed by atoms with Gasteiger partial charge in [0.15, 0.2) is 0 Å². The predicted octanol–water partition coefficient (Wildman–Crippen LogP) is 3.38. The van der Waals surface area contributed by atoms with Gasteiger partial charge in [-0.3, -0.25) is 4.68 Å². The molecule has 3 nitrogen and oxygen atoms in total. The monoisotopic (exact) mass is 261 g/mol. The largest absolute Gasteiger partial charge is 0.371 e. The molecule has 4 heteroatoms. The van der Waals surface area contributed by atoms with E-state index < -0.39 is 0 Å². The standard InChI is InChI=1S/C14H16ClN3/c15-12-3-1-4-14(11-12)17-9-5-13(6-10-17)18-8-2-7-16-18/h1-4,7-8,11,13H,5-6,9-10H2. The van der Waals surface area contributed by atoms with Crippen molar-refractivity contribution in [2.24, 2.45) is 0 Å². The number of piperidine rings is 1. The maximum absolute atomic E-state index is 6.03. The number of benzene rings is 1. The van der Waals surface area contributed by atoms with Crippen molar-refractivity contribution in [2.75, 3.05) is 18.0 Å². The highest BCUT2D eigenvalue weighted by atomic mass is 35.5. The first-order valence-electron chi connectivity index (χ1n) is 6.32. The van der Waals surface area contributed by atoms with Gasteiger partial charge in [-0.2, -0.15) is 5.10 Å². The number of hydrogen-bond acceptors (Lipinski definition) is 2. The van der Waals surface area contributed by atoms with E-state index in [0.29, 0.717) is 6.04 Å². The quantitative estimate of drug-likeness (QED) is 0.826. The first kappa shape index (κ1) is 11.6. The van der Waals surface area contributed by atoms with Gasteiger partial charge in [-0.1, -0.05) is 17.7 Å². The topological polar surface area (TPSA) is 21.1 Å². The van der Waals surface area contributed by atoms with Crippen LogP contribution in [0, 0.1) is 0 Å². The molecule has 0 spiro atoms. The van der Waals surface area contributed by atoms with Crippen LogP contribution in [0.2, 0.25) is 5.02 Å². The average molecular weight is 262 g/mol. The molecule has 0 radical (unpaired) electrons. The lowest BCUT2D eigenvalue weighted by molar-refractivity contribution is 0.367. The van der Waals surface area contributed by atoms with Gasteiger partial charge in [-0.25, -0.2) is 0 Å². The lowest BCUT2D eigenvalue weighted by Crippen LogP contribution is -2.34. The number of aromatic nitrogens is 2. The molecule has 2 aromatic rings. The smallest absolute Gasteiger partial charge is 0.0552 e. The zero-order chi connectivity index (χ0) is 12.4. The lowest BCUT2D eigenvalue weighted by atomic mass is 10.0. The van der Waals surface area contributed by atoms with E-state index in [4.69, 9.17) is 11.6 Å². The highest BCUT2D eigenvalue weighted by Crippen LogP contribution is 2.27. The van der Waals surface area contributed by atoms with Crippen molar-refractivity contribution in [3.63, 3.8) is 0 Å². The van der Waals surface area contributed by atoms with E-state index >= 15 is 0 Å². The van der Waals surface area contributed by atoms with Crippen LogP contribution in [0.3, 0.4) is 0 Å². The highest BCUT2D eigenvalue weighted by molar-refractivity contribution is 6.30. The molecule has 3 rings (SSSR count). The van der Waals surface area contributed by atoms with Crippen LogP contribution >= 0.6 is 11.6 Å². The summed E-state index contributed by atoms with van der Waals surface area (Å²) in [6.45, 7) is 2.12. The molecule has 0 N–H and O–H groups in total. The Morgan fingerprint density at radius 2 is 2.00 bits per heavy atom. The molecule has 1 saturated heterocycles. The number of rotatable bonds is 2. The van der Waals surface area contributed by atoms with Crippen LogP contribution in [0.1, 0.15) is 18.9 Å². The van der Waals surface area contributed by atoms with Crippen LogP contribution in [0.25, 0.3) is 0 Å². The van der Waals surface area contributed by atoms with Crippen molar-refractivity contribution in [1.82, 2.24) is 9.78 Å². The molecule has 18 heavy (non-hydrogen) atoms. The molecule has 0 bridgehead atoms. The molecule has 1 aromatic heterocycles. The predicted molar refractivity (Wildman–Crippen MR) is 74.2 cm³/mol. The van der Waals surface area contributed by atoms with E-state index in [1.807, 2.05) is 30.5 Å². The Morgan fingerprint density at radius 1 is 1.17 bits per heavy atom. The summed E-state index contributed by atoms with van der Waals surface area (Å²) in [7, 11) is 0. The van der Waals surface area contributed by atoms with Crippen LogP contribution in [-0.4, -0.2) is 22.9 Å². The molecule has 0 aliphatic carbocycles. The summed E-state index contributed by atoms with van der Waals surface area (Å²) >= 11 is 6.03. The second kappa shape index (κ2) is 5.02. The molecule has 94 valence electrons. The Hall–Kier alpha value is -1.48. The Labute approximate surface area is 112 Å². The van der Waals surface area contributed by atoms with Crippen molar-refractivity contribution in [1.29, 1.82) is 0 Å². The van der Waals surface area contributed by atoms with Gasteiger partial charge < -0.3 is 4.90 Å². The molecule has 2 heterocycles. The highest BCUT2D eigenvalue weighted by Gasteiger charge is 2.20. The van der Waals surface area contributed by atoms with E-state index in [2.05, 4.69) is 26.9 Å². The molecule has 1 aliphatic heterocycles. The molecular weight excluding hydrogens is 246 g/mol. The number of nitrogens with zero attached hydrogens (tertiary/aromatic N) is 3. The minimum atomic E-state index is 0.537. The Balaban J connectivity index is 1.67. The molecule has 0 saturated carbocycles. The second-order valence-corrected chi connectivity index (χ2v) is 5.12. The summed E-state index contributed by atoms with van der Waals surface area (Å²) in [5, 5.41) is 5.14. The van der Waals surface area contributed by atoms with Gasteiger partial charge >= 0.3 is 0 Å². The van der Waals surface area contributed by atoms with Crippen molar-refractivity contribution in [3.05, 3.63) is 47.7 Å². The molecule has 1 aliphatic rings. The van der Waals surface area contributed by atoms with Gasteiger partial charge in [0, 0.05) is 36.2 Å². The third-order valence-electron chi connectivity index (χ3n) is 3.54. The normalized spacial score (nSPS) is 17.1. The van der Waals surface area contributed by atoms with Gasteiger partial charge in [0.25, 0.3) is 0 Å². The van der Waals surface area contributed by atoms with E-state index in [-0.39, 0.29) is 0 Å². The molecule has 1 fully saturated rings. The third-order valence-corrected chi connectivity index (χ3v) is 3.77. The molecule has 0 amide bonds. The average Bonchev–Trinajstić information content (AvgIpc) is 2.93. The fourth-order valence-electron chi connectivity index (χ4n) is 2.56. The zero-order valence-corrected chi connectivity index (χ0v) is 10.9. The van der Waals surface area contributed by atoms with E-state index in [0.717, 1.165) is 31.0 Å².